The zero-order valence-corrected chi connectivity index (χ0v) is 13.6. The van der Waals surface area contributed by atoms with Crippen LogP contribution < -0.4 is 10.1 Å². The van der Waals surface area contributed by atoms with E-state index in [9.17, 15) is 9.90 Å². The molecule has 4 heteroatoms. The summed E-state index contributed by atoms with van der Waals surface area (Å²) >= 11 is 0. The summed E-state index contributed by atoms with van der Waals surface area (Å²) < 4.78 is 5.14. The van der Waals surface area contributed by atoms with Crippen LogP contribution in [-0.4, -0.2) is 24.7 Å². The highest BCUT2D eigenvalue weighted by Gasteiger charge is 2.11. The summed E-state index contributed by atoms with van der Waals surface area (Å²) in [5.74, 6) is 1.25. The summed E-state index contributed by atoms with van der Waals surface area (Å²) in [7, 11) is 1.64. The van der Waals surface area contributed by atoms with Gasteiger partial charge in [0.2, 0.25) is 5.91 Å². The molecule has 0 spiro atoms. The van der Waals surface area contributed by atoms with Crippen molar-refractivity contribution in [2.75, 3.05) is 13.7 Å². The van der Waals surface area contributed by atoms with Gasteiger partial charge in [0.05, 0.1) is 7.11 Å². The fraction of sp³-hybridized carbons (Fsp3) is 0.316. The van der Waals surface area contributed by atoms with E-state index in [4.69, 9.17) is 4.74 Å². The fourth-order valence-corrected chi connectivity index (χ4v) is 2.46. The number of rotatable bonds is 7. The quantitative estimate of drug-likeness (QED) is 0.825. The van der Waals surface area contributed by atoms with Crippen LogP contribution in [0.3, 0.4) is 0 Å². The van der Waals surface area contributed by atoms with Gasteiger partial charge in [-0.1, -0.05) is 37.3 Å². The van der Waals surface area contributed by atoms with Gasteiger partial charge in [0.1, 0.15) is 11.5 Å². The van der Waals surface area contributed by atoms with Crippen LogP contribution in [0, 0.1) is 0 Å². The Balaban J connectivity index is 1.78. The van der Waals surface area contributed by atoms with Crippen molar-refractivity contribution in [1.82, 2.24) is 5.32 Å². The van der Waals surface area contributed by atoms with E-state index in [0.717, 1.165) is 16.9 Å². The van der Waals surface area contributed by atoms with Crippen LogP contribution >= 0.6 is 0 Å². The molecular formula is C19H23NO3. The molecule has 1 unspecified atom stereocenters. The molecule has 2 rings (SSSR count). The molecule has 1 amide bonds. The third-order valence-electron chi connectivity index (χ3n) is 3.88. The summed E-state index contributed by atoms with van der Waals surface area (Å²) in [6, 6.07) is 15.0. The second-order valence-corrected chi connectivity index (χ2v) is 5.61. The van der Waals surface area contributed by atoms with Gasteiger partial charge >= 0.3 is 0 Å². The molecule has 0 heterocycles. The van der Waals surface area contributed by atoms with Gasteiger partial charge in [-0.3, -0.25) is 4.79 Å². The van der Waals surface area contributed by atoms with Crippen molar-refractivity contribution in [2.45, 2.75) is 25.7 Å². The molecule has 0 radical (unpaired) electrons. The summed E-state index contributed by atoms with van der Waals surface area (Å²) in [6.45, 7) is 2.55. The maximum atomic E-state index is 12.0. The number of benzene rings is 2. The second-order valence-electron chi connectivity index (χ2n) is 5.61. The number of phenols is 1. The van der Waals surface area contributed by atoms with Gasteiger partial charge in [0.15, 0.2) is 0 Å². The van der Waals surface area contributed by atoms with Crippen molar-refractivity contribution in [1.29, 1.82) is 0 Å². The number of hydrogen-bond donors (Lipinski definition) is 2. The molecule has 1 atom stereocenters. The molecule has 2 aromatic rings. The summed E-state index contributed by atoms with van der Waals surface area (Å²) in [6.07, 6.45) is 1.06. The third kappa shape index (κ3) is 5.02. The lowest BCUT2D eigenvalue weighted by Crippen LogP contribution is -2.26. The molecule has 0 saturated carbocycles. The van der Waals surface area contributed by atoms with E-state index in [1.807, 2.05) is 43.3 Å². The number of ether oxygens (including phenoxy) is 1. The van der Waals surface area contributed by atoms with Crippen LogP contribution in [0.5, 0.6) is 11.5 Å². The molecule has 0 bridgehead atoms. The number of nitrogens with one attached hydrogen (secondary N) is 1. The van der Waals surface area contributed by atoms with E-state index in [0.29, 0.717) is 19.4 Å². The third-order valence-corrected chi connectivity index (χ3v) is 3.88. The maximum Gasteiger partial charge on any atom is 0.220 e. The largest absolute Gasteiger partial charge is 0.508 e. The Kier molecular flexibility index (Phi) is 6.03. The lowest BCUT2D eigenvalue weighted by molar-refractivity contribution is -0.121. The monoisotopic (exact) mass is 313 g/mol. The van der Waals surface area contributed by atoms with Crippen LogP contribution in [0.2, 0.25) is 0 Å². The molecule has 23 heavy (non-hydrogen) atoms. The Morgan fingerprint density at radius 3 is 2.52 bits per heavy atom. The van der Waals surface area contributed by atoms with Crippen LogP contribution in [0.4, 0.5) is 0 Å². The highest BCUT2D eigenvalue weighted by atomic mass is 16.5. The predicted molar refractivity (Wildman–Crippen MR) is 90.8 cm³/mol. The molecule has 0 aliphatic carbocycles. The first-order valence-corrected chi connectivity index (χ1v) is 7.77. The molecule has 0 aliphatic rings. The SMILES string of the molecule is COc1ccc(C(C)CC(=O)NCCc2ccccc2O)cc1. The number of aromatic hydroxyl groups is 1. The minimum Gasteiger partial charge on any atom is -0.508 e. The van der Waals surface area contributed by atoms with Gasteiger partial charge in [-0.2, -0.15) is 0 Å². The maximum absolute atomic E-state index is 12.0. The molecule has 2 N–H and O–H groups in total. The number of para-hydroxylation sites is 1. The molecule has 2 aromatic carbocycles. The van der Waals surface area contributed by atoms with Crippen LogP contribution in [0.15, 0.2) is 48.5 Å². The standard InChI is InChI=1S/C19H23NO3/c1-14(15-7-9-17(23-2)10-8-15)13-19(22)20-12-11-16-5-3-4-6-18(16)21/h3-10,14,21H,11-13H2,1-2H3,(H,20,22). The lowest BCUT2D eigenvalue weighted by Gasteiger charge is -2.13. The number of amides is 1. The van der Waals surface area contributed by atoms with Gasteiger partial charge in [0.25, 0.3) is 0 Å². The van der Waals surface area contributed by atoms with Crippen LogP contribution in [0.25, 0.3) is 0 Å². The first-order chi connectivity index (χ1) is 11.1. The minimum atomic E-state index is 0.0174. The van der Waals surface area contributed by atoms with Gasteiger partial charge in [-0.15, -0.1) is 0 Å². The molecule has 122 valence electrons. The topological polar surface area (TPSA) is 58.6 Å². The van der Waals surface area contributed by atoms with Crippen molar-refractivity contribution in [2.24, 2.45) is 0 Å². The van der Waals surface area contributed by atoms with E-state index in [1.165, 1.54) is 0 Å². The predicted octanol–water partition coefficient (Wildman–Crippen LogP) is 3.25. The number of phenolic OH excluding ortho intramolecular Hbond substituents is 1. The van der Waals surface area contributed by atoms with E-state index in [-0.39, 0.29) is 17.6 Å². The second kappa shape index (κ2) is 8.22. The summed E-state index contributed by atoms with van der Waals surface area (Å²) in [5.41, 5.74) is 1.96. The Hall–Kier alpha value is -2.49. The van der Waals surface area contributed by atoms with Gasteiger partial charge in [-0.25, -0.2) is 0 Å². The molecular weight excluding hydrogens is 290 g/mol. The van der Waals surface area contributed by atoms with E-state index >= 15 is 0 Å². The minimum absolute atomic E-state index is 0.0174. The van der Waals surface area contributed by atoms with Crippen LogP contribution in [0.1, 0.15) is 30.4 Å². The first-order valence-electron chi connectivity index (χ1n) is 7.77. The molecule has 4 nitrogen and oxygen atoms in total. The number of hydrogen-bond acceptors (Lipinski definition) is 3. The van der Waals surface area contributed by atoms with E-state index < -0.39 is 0 Å². The summed E-state index contributed by atoms with van der Waals surface area (Å²) in [4.78, 5) is 12.0. The number of carbonyl (C=O) groups excluding carboxylic acids is 1. The Bertz CT molecular complexity index is 637. The van der Waals surface area contributed by atoms with Gasteiger partial charge < -0.3 is 15.2 Å². The lowest BCUT2D eigenvalue weighted by atomic mass is 9.97. The number of carbonyl (C=O) groups is 1. The normalized spacial score (nSPS) is 11.7. The zero-order valence-electron chi connectivity index (χ0n) is 13.6. The Morgan fingerprint density at radius 2 is 1.87 bits per heavy atom. The molecule has 0 aromatic heterocycles. The molecule has 0 aliphatic heterocycles. The van der Waals surface area contributed by atoms with Gasteiger partial charge in [-0.05, 0) is 41.7 Å². The van der Waals surface area contributed by atoms with Gasteiger partial charge in [0, 0.05) is 13.0 Å². The Morgan fingerprint density at radius 1 is 1.17 bits per heavy atom. The van der Waals surface area contributed by atoms with Crippen molar-refractivity contribution in [3.63, 3.8) is 0 Å². The van der Waals surface area contributed by atoms with Crippen molar-refractivity contribution < 1.29 is 14.6 Å². The zero-order chi connectivity index (χ0) is 16.7. The van der Waals surface area contributed by atoms with Crippen molar-refractivity contribution >= 4 is 5.91 Å². The highest BCUT2D eigenvalue weighted by Crippen LogP contribution is 2.21. The summed E-state index contributed by atoms with van der Waals surface area (Å²) in [5, 5.41) is 12.6. The van der Waals surface area contributed by atoms with Crippen molar-refractivity contribution in [3.05, 3.63) is 59.7 Å². The van der Waals surface area contributed by atoms with E-state index in [2.05, 4.69) is 5.32 Å². The molecule has 0 saturated heterocycles. The average molecular weight is 313 g/mol. The first kappa shape index (κ1) is 16.9. The highest BCUT2D eigenvalue weighted by molar-refractivity contribution is 5.76. The number of methoxy groups -OCH3 is 1. The van der Waals surface area contributed by atoms with Crippen molar-refractivity contribution in [3.8, 4) is 11.5 Å². The molecule has 0 fully saturated rings. The average Bonchev–Trinajstić information content (AvgIpc) is 2.56. The Labute approximate surface area is 137 Å². The van der Waals surface area contributed by atoms with E-state index in [1.54, 1.807) is 19.2 Å². The van der Waals surface area contributed by atoms with Crippen LogP contribution in [-0.2, 0) is 11.2 Å². The fourth-order valence-electron chi connectivity index (χ4n) is 2.46. The smallest absolute Gasteiger partial charge is 0.220 e.